The standard InChI is InChI=1S/C14H17F3N2O2/c15-14(16,17)10-2-1-3-12(8-10)21-11-4-6-19(7-5-11)13(18)9-20/h1-3,8-9,11,13H,4-7,18H2. The lowest BCUT2D eigenvalue weighted by Crippen LogP contribution is -2.49. The highest BCUT2D eigenvalue weighted by Gasteiger charge is 2.31. The van der Waals surface area contributed by atoms with Gasteiger partial charge in [-0.2, -0.15) is 13.2 Å². The third-order valence-electron chi connectivity index (χ3n) is 3.50. The van der Waals surface area contributed by atoms with E-state index in [1.807, 2.05) is 4.90 Å². The van der Waals surface area contributed by atoms with Crippen LogP contribution in [0.1, 0.15) is 18.4 Å². The second kappa shape index (κ2) is 6.44. The predicted molar refractivity (Wildman–Crippen MR) is 70.7 cm³/mol. The fraction of sp³-hybridized carbons (Fsp3) is 0.500. The molecule has 1 aliphatic heterocycles. The van der Waals surface area contributed by atoms with Gasteiger partial charge in [0.1, 0.15) is 18.0 Å². The van der Waals surface area contributed by atoms with Gasteiger partial charge in [0.2, 0.25) is 0 Å². The molecular weight excluding hydrogens is 285 g/mol. The van der Waals surface area contributed by atoms with E-state index in [9.17, 15) is 18.0 Å². The van der Waals surface area contributed by atoms with Crippen molar-refractivity contribution in [2.24, 2.45) is 5.73 Å². The highest BCUT2D eigenvalue weighted by atomic mass is 19.4. The molecule has 1 aromatic rings. The molecular formula is C14H17F3N2O2. The van der Waals surface area contributed by atoms with Crippen molar-refractivity contribution in [1.82, 2.24) is 4.90 Å². The molecule has 0 bridgehead atoms. The first kappa shape index (κ1) is 15.8. The first-order valence-corrected chi connectivity index (χ1v) is 6.69. The zero-order valence-electron chi connectivity index (χ0n) is 11.3. The molecule has 4 nitrogen and oxygen atoms in total. The molecule has 21 heavy (non-hydrogen) atoms. The molecule has 0 aromatic heterocycles. The van der Waals surface area contributed by atoms with Crippen molar-refractivity contribution in [3.63, 3.8) is 0 Å². The Morgan fingerprint density at radius 1 is 1.33 bits per heavy atom. The van der Waals surface area contributed by atoms with E-state index in [4.69, 9.17) is 10.5 Å². The van der Waals surface area contributed by atoms with Crippen LogP contribution in [0.15, 0.2) is 24.3 Å². The fourth-order valence-corrected chi connectivity index (χ4v) is 2.32. The molecule has 1 aromatic carbocycles. The minimum absolute atomic E-state index is 0.163. The van der Waals surface area contributed by atoms with Gasteiger partial charge >= 0.3 is 6.18 Å². The van der Waals surface area contributed by atoms with Crippen LogP contribution < -0.4 is 10.5 Å². The van der Waals surface area contributed by atoms with E-state index in [0.717, 1.165) is 12.1 Å². The van der Waals surface area contributed by atoms with Crippen LogP contribution in [0.25, 0.3) is 0 Å². The minimum Gasteiger partial charge on any atom is -0.490 e. The van der Waals surface area contributed by atoms with Crippen molar-refractivity contribution >= 4 is 6.29 Å². The Balaban J connectivity index is 1.93. The maximum Gasteiger partial charge on any atom is 0.416 e. The van der Waals surface area contributed by atoms with Crippen molar-refractivity contribution in [1.29, 1.82) is 0 Å². The van der Waals surface area contributed by atoms with Crippen LogP contribution >= 0.6 is 0 Å². The van der Waals surface area contributed by atoms with Crippen LogP contribution in [0.5, 0.6) is 5.75 Å². The molecule has 2 N–H and O–H groups in total. The molecule has 1 unspecified atom stereocenters. The summed E-state index contributed by atoms with van der Waals surface area (Å²) in [4.78, 5) is 12.4. The van der Waals surface area contributed by atoms with Crippen LogP contribution in [0.4, 0.5) is 13.2 Å². The Hall–Kier alpha value is -1.60. The van der Waals surface area contributed by atoms with Gasteiger partial charge in [-0.25, -0.2) is 0 Å². The Kier molecular flexibility index (Phi) is 4.84. The average molecular weight is 302 g/mol. The van der Waals surface area contributed by atoms with Crippen LogP contribution in [0.3, 0.4) is 0 Å². The zero-order chi connectivity index (χ0) is 15.5. The van der Waals surface area contributed by atoms with Gasteiger partial charge < -0.3 is 15.3 Å². The Morgan fingerprint density at radius 2 is 2.00 bits per heavy atom. The highest BCUT2D eigenvalue weighted by molar-refractivity contribution is 5.56. The second-order valence-electron chi connectivity index (χ2n) is 5.01. The molecule has 0 saturated carbocycles. The quantitative estimate of drug-likeness (QED) is 0.865. The number of rotatable bonds is 4. The molecule has 1 heterocycles. The first-order chi connectivity index (χ1) is 9.90. The van der Waals surface area contributed by atoms with Crippen LogP contribution in [0.2, 0.25) is 0 Å². The number of hydrogen-bond donors (Lipinski definition) is 1. The van der Waals surface area contributed by atoms with Gasteiger partial charge in [0, 0.05) is 13.1 Å². The summed E-state index contributed by atoms with van der Waals surface area (Å²) >= 11 is 0. The van der Waals surface area contributed by atoms with E-state index in [0.29, 0.717) is 32.2 Å². The molecule has 7 heteroatoms. The average Bonchev–Trinajstić information content (AvgIpc) is 2.47. The number of halogens is 3. The van der Waals surface area contributed by atoms with Crippen LogP contribution in [-0.4, -0.2) is 36.5 Å². The third kappa shape index (κ3) is 4.18. The summed E-state index contributed by atoms with van der Waals surface area (Å²) in [5, 5.41) is 0. The summed E-state index contributed by atoms with van der Waals surface area (Å²) in [6.45, 7) is 1.17. The number of carbonyl (C=O) groups is 1. The molecule has 1 fully saturated rings. The molecule has 1 aliphatic rings. The van der Waals surface area contributed by atoms with Crippen molar-refractivity contribution in [2.75, 3.05) is 13.1 Å². The number of benzene rings is 1. The zero-order valence-corrected chi connectivity index (χ0v) is 11.3. The molecule has 1 saturated heterocycles. The maximum atomic E-state index is 12.6. The molecule has 1 atom stereocenters. The van der Waals surface area contributed by atoms with Crippen molar-refractivity contribution < 1.29 is 22.7 Å². The molecule has 0 amide bonds. The number of piperidine rings is 1. The normalized spacial score (nSPS) is 19.2. The number of alkyl halides is 3. The monoisotopic (exact) mass is 302 g/mol. The van der Waals surface area contributed by atoms with Crippen molar-refractivity contribution in [3.05, 3.63) is 29.8 Å². The number of nitrogens with two attached hydrogens (primary N) is 1. The van der Waals surface area contributed by atoms with E-state index in [1.54, 1.807) is 0 Å². The number of nitrogens with zero attached hydrogens (tertiary/aromatic N) is 1. The van der Waals surface area contributed by atoms with E-state index in [2.05, 4.69) is 0 Å². The summed E-state index contributed by atoms with van der Waals surface area (Å²) < 4.78 is 43.4. The van der Waals surface area contributed by atoms with Gasteiger partial charge in [0.05, 0.1) is 5.56 Å². The topological polar surface area (TPSA) is 55.6 Å². The number of likely N-dealkylation sites (tertiary alicyclic amines) is 1. The van der Waals surface area contributed by atoms with Gasteiger partial charge in [0.25, 0.3) is 0 Å². The Morgan fingerprint density at radius 3 is 2.57 bits per heavy atom. The van der Waals surface area contributed by atoms with E-state index >= 15 is 0 Å². The van der Waals surface area contributed by atoms with Gasteiger partial charge in [-0.1, -0.05) is 6.07 Å². The predicted octanol–water partition coefficient (Wildman–Crippen LogP) is 2.03. The largest absolute Gasteiger partial charge is 0.490 e. The summed E-state index contributed by atoms with van der Waals surface area (Å²) in [6.07, 6.45) is -3.24. The third-order valence-corrected chi connectivity index (χ3v) is 3.50. The molecule has 116 valence electrons. The number of hydrogen-bond acceptors (Lipinski definition) is 4. The van der Waals surface area contributed by atoms with Crippen LogP contribution in [0, 0.1) is 0 Å². The lowest BCUT2D eigenvalue weighted by atomic mass is 10.1. The summed E-state index contributed by atoms with van der Waals surface area (Å²) in [5.74, 6) is 0.211. The summed E-state index contributed by atoms with van der Waals surface area (Å²) in [5.41, 5.74) is 4.88. The number of ether oxygens (including phenoxy) is 1. The van der Waals surface area contributed by atoms with Crippen molar-refractivity contribution in [3.8, 4) is 5.75 Å². The smallest absolute Gasteiger partial charge is 0.416 e. The lowest BCUT2D eigenvalue weighted by Gasteiger charge is -2.33. The SMILES string of the molecule is NC(C=O)N1CCC(Oc2cccc(C(F)(F)F)c2)CC1. The molecule has 0 spiro atoms. The second-order valence-corrected chi connectivity index (χ2v) is 5.01. The highest BCUT2D eigenvalue weighted by Crippen LogP contribution is 2.32. The Bertz CT molecular complexity index is 485. The first-order valence-electron chi connectivity index (χ1n) is 6.69. The lowest BCUT2D eigenvalue weighted by molar-refractivity contribution is -0.137. The minimum atomic E-state index is -4.38. The fourth-order valence-electron chi connectivity index (χ4n) is 2.32. The molecule has 0 radical (unpaired) electrons. The molecule has 0 aliphatic carbocycles. The van der Waals surface area contributed by atoms with E-state index in [-0.39, 0.29) is 11.9 Å². The molecule has 2 rings (SSSR count). The summed E-state index contributed by atoms with van der Waals surface area (Å²) in [6, 6.07) is 4.86. The van der Waals surface area contributed by atoms with Crippen molar-refractivity contribution in [2.45, 2.75) is 31.3 Å². The van der Waals surface area contributed by atoms with Gasteiger partial charge in [-0.3, -0.25) is 4.90 Å². The van der Waals surface area contributed by atoms with Gasteiger partial charge in [0.15, 0.2) is 6.29 Å². The maximum absolute atomic E-state index is 12.6. The summed E-state index contributed by atoms with van der Waals surface area (Å²) in [7, 11) is 0. The van der Waals surface area contributed by atoms with E-state index < -0.39 is 17.9 Å². The number of carbonyl (C=O) groups excluding carboxylic acids is 1. The van der Waals surface area contributed by atoms with Crippen LogP contribution in [-0.2, 0) is 11.0 Å². The van der Waals surface area contributed by atoms with Gasteiger partial charge in [-0.05, 0) is 31.0 Å². The van der Waals surface area contributed by atoms with E-state index in [1.165, 1.54) is 12.1 Å². The van der Waals surface area contributed by atoms with Gasteiger partial charge in [-0.15, -0.1) is 0 Å². The Labute approximate surface area is 120 Å². The number of aldehydes is 1.